The number of benzene rings is 1. The Kier molecular flexibility index (Phi) is 3.98. The van der Waals surface area contributed by atoms with Crippen LogP contribution in [-0.2, 0) is 23.2 Å². The predicted octanol–water partition coefficient (Wildman–Crippen LogP) is 1.39. The first-order valence-electron chi connectivity index (χ1n) is 5.45. The van der Waals surface area contributed by atoms with E-state index in [9.17, 15) is 12.8 Å². The first-order valence-corrected chi connectivity index (χ1v) is 6.93. The van der Waals surface area contributed by atoms with Crippen molar-refractivity contribution in [2.24, 2.45) is 0 Å². The molecule has 102 valence electrons. The molecule has 0 atom stereocenters. The SMILES string of the molecule is O=S(=O)(NCc1ccc(F)cc1)c1ccc(CO)o1. The van der Waals surface area contributed by atoms with Crippen LogP contribution >= 0.6 is 0 Å². The van der Waals surface area contributed by atoms with E-state index in [-0.39, 0.29) is 29.8 Å². The van der Waals surface area contributed by atoms with Crippen molar-refractivity contribution < 1.29 is 22.3 Å². The summed E-state index contributed by atoms with van der Waals surface area (Å²) in [4.78, 5) is 0. The van der Waals surface area contributed by atoms with Crippen LogP contribution in [0.4, 0.5) is 4.39 Å². The number of halogens is 1. The van der Waals surface area contributed by atoms with Crippen molar-refractivity contribution in [1.29, 1.82) is 0 Å². The third-order valence-electron chi connectivity index (χ3n) is 2.44. The third-order valence-corrected chi connectivity index (χ3v) is 3.71. The van der Waals surface area contributed by atoms with Gasteiger partial charge in [0.2, 0.25) is 5.09 Å². The third kappa shape index (κ3) is 3.40. The summed E-state index contributed by atoms with van der Waals surface area (Å²) in [6, 6.07) is 8.12. The van der Waals surface area contributed by atoms with Gasteiger partial charge < -0.3 is 9.52 Å². The molecular weight excluding hydrogens is 273 g/mol. The van der Waals surface area contributed by atoms with Gasteiger partial charge in [-0.1, -0.05) is 12.1 Å². The number of aliphatic hydroxyl groups is 1. The highest BCUT2D eigenvalue weighted by molar-refractivity contribution is 7.89. The second kappa shape index (κ2) is 5.52. The van der Waals surface area contributed by atoms with Crippen molar-refractivity contribution in [2.45, 2.75) is 18.2 Å². The van der Waals surface area contributed by atoms with Crippen molar-refractivity contribution in [3.63, 3.8) is 0 Å². The van der Waals surface area contributed by atoms with E-state index in [0.717, 1.165) is 0 Å². The molecule has 0 radical (unpaired) electrons. The molecule has 1 aromatic heterocycles. The molecule has 0 aliphatic rings. The lowest BCUT2D eigenvalue weighted by Crippen LogP contribution is -2.22. The fraction of sp³-hybridized carbons (Fsp3) is 0.167. The highest BCUT2D eigenvalue weighted by atomic mass is 32.2. The fourth-order valence-electron chi connectivity index (χ4n) is 1.44. The maximum atomic E-state index is 12.7. The zero-order valence-electron chi connectivity index (χ0n) is 9.84. The Morgan fingerprint density at radius 3 is 2.42 bits per heavy atom. The zero-order valence-corrected chi connectivity index (χ0v) is 10.7. The molecule has 0 aliphatic heterocycles. The fourth-order valence-corrected chi connectivity index (χ4v) is 2.40. The van der Waals surface area contributed by atoms with E-state index in [0.29, 0.717) is 5.56 Å². The number of sulfonamides is 1. The molecule has 0 bridgehead atoms. The highest BCUT2D eigenvalue weighted by Crippen LogP contribution is 2.14. The van der Waals surface area contributed by atoms with Gasteiger partial charge in [0.05, 0.1) is 0 Å². The summed E-state index contributed by atoms with van der Waals surface area (Å²) >= 11 is 0. The van der Waals surface area contributed by atoms with Crippen LogP contribution in [0, 0.1) is 5.82 Å². The molecule has 19 heavy (non-hydrogen) atoms. The van der Waals surface area contributed by atoms with Crippen molar-refractivity contribution in [3.05, 3.63) is 53.5 Å². The van der Waals surface area contributed by atoms with Crippen molar-refractivity contribution >= 4 is 10.0 Å². The Bertz CT molecular complexity index is 649. The van der Waals surface area contributed by atoms with E-state index in [2.05, 4.69) is 4.72 Å². The van der Waals surface area contributed by atoms with E-state index in [4.69, 9.17) is 9.52 Å². The molecule has 0 saturated carbocycles. The smallest absolute Gasteiger partial charge is 0.274 e. The molecule has 0 fully saturated rings. The molecule has 2 N–H and O–H groups in total. The van der Waals surface area contributed by atoms with Crippen LogP contribution in [0.1, 0.15) is 11.3 Å². The molecule has 2 rings (SSSR count). The first-order chi connectivity index (χ1) is 9.01. The zero-order chi connectivity index (χ0) is 13.9. The molecule has 1 heterocycles. The average Bonchev–Trinajstić information content (AvgIpc) is 2.88. The molecule has 0 spiro atoms. The average molecular weight is 285 g/mol. The summed E-state index contributed by atoms with van der Waals surface area (Å²) in [5, 5.41) is 8.54. The standard InChI is InChI=1S/C12H12FNO4S/c13-10-3-1-9(2-4-10)7-14-19(16,17)12-6-5-11(8-15)18-12/h1-6,14-15H,7-8H2. The summed E-state index contributed by atoms with van der Waals surface area (Å²) in [6.45, 7) is -0.342. The summed E-state index contributed by atoms with van der Waals surface area (Å²) in [7, 11) is -3.78. The van der Waals surface area contributed by atoms with Crippen LogP contribution in [0.2, 0.25) is 0 Å². The van der Waals surface area contributed by atoms with Gasteiger partial charge in [-0.3, -0.25) is 0 Å². The number of nitrogens with one attached hydrogen (secondary N) is 1. The first kappa shape index (κ1) is 13.7. The van der Waals surface area contributed by atoms with Crippen LogP contribution < -0.4 is 4.72 Å². The number of hydrogen-bond acceptors (Lipinski definition) is 4. The lowest BCUT2D eigenvalue weighted by molar-refractivity contribution is 0.236. The lowest BCUT2D eigenvalue weighted by atomic mass is 10.2. The summed E-state index contributed by atoms with van der Waals surface area (Å²) in [6.07, 6.45) is 0. The highest BCUT2D eigenvalue weighted by Gasteiger charge is 2.18. The Morgan fingerprint density at radius 1 is 1.16 bits per heavy atom. The number of hydrogen-bond donors (Lipinski definition) is 2. The Labute approximate surface area is 109 Å². The van der Waals surface area contributed by atoms with Crippen LogP contribution in [0.3, 0.4) is 0 Å². The topological polar surface area (TPSA) is 79.5 Å². The second-order valence-corrected chi connectivity index (χ2v) is 5.53. The van der Waals surface area contributed by atoms with Gasteiger partial charge >= 0.3 is 0 Å². The second-order valence-electron chi connectivity index (χ2n) is 3.83. The van der Waals surface area contributed by atoms with Crippen molar-refractivity contribution in [2.75, 3.05) is 0 Å². The minimum absolute atomic E-state index is 0.0256. The number of furan rings is 1. The van der Waals surface area contributed by atoms with Gasteiger partial charge in [0.15, 0.2) is 0 Å². The van der Waals surface area contributed by atoms with E-state index in [1.165, 1.54) is 36.4 Å². The van der Waals surface area contributed by atoms with Gasteiger partial charge in [-0.2, -0.15) is 0 Å². The van der Waals surface area contributed by atoms with Crippen molar-refractivity contribution in [3.8, 4) is 0 Å². The molecule has 1 aromatic carbocycles. The van der Waals surface area contributed by atoms with E-state index in [1.54, 1.807) is 0 Å². The Hall–Kier alpha value is -1.70. The van der Waals surface area contributed by atoms with Gasteiger partial charge in [0, 0.05) is 6.54 Å². The molecule has 0 aliphatic carbocycles. The summed E-state index contributed by atoms with van der Waals surface area (Å²) in [5.41, 5.74) is 0.624. The minimum Gasteiger partial charge on any atom is -0.446 e. The molecule has 0 amide bonds. The maximum absolute atomic E-state index is 12.7. The molecular formula is C12H12FNO4S. The van der Waals surface area contributed by atoms with Crippen molar-refractivity contribution in [1.82, 2.24) is 4.72 Å². The quantitative estimate of drug-likeness (QED) is 0.870. The van der Waals surface area contributed by atoms with Gasteiger partial charge in [0.25, 0.3) is 10.0 Å². The van der Waals surface area contributed by atoms with Crippen LogP contribution in [0.5, 0.6) is 0 Å². The predicted molar refractivity (Wildman–Crippen MR) is 65.1 cm³/mol. The van der Waals surface area contributed by atoms with Gasteiger partial charge in [-0.05, 0) is 29.8 Å². The number of rotatable bonds is 5. The maximum Gasteiger partial charge on any atom is 0.274 e. The van der Waals surface area contributed by atoms with Crippen LogP contribution in [-0.4, -0.2) is 13.5 Å². The Balaban J connectivity index is 2.07. The molecule has 0 unspecified atom stereocenters. The molecule has 7 heteroatoms. The lowest BCUT2D eigenvalue weighted by Gasteiger charge is -2.04. The van der Waals surface area contributed by atoms with Gasteiger partial charge in [0.1, 0.15) is 18.2 Å². The Morgan fingerprint density at radius 2 is 1.84 bits per heavy atom. The van der Waals surface area contributed by atoms with Gasteiger partial charge in [-0.25, -0.2) is 17.5 Å². The van der Waals surface area contributed by atoms with Crippen LogP contribution in [0.25, 0.3) is 0 Å². The number of aliphatic hydroxyl groups excluding tert-OH is 1. The normalized spacial score (nSPS) is 11.7. The summed E-state index contributed by atoms with van der Waals surface area (Å²) < 4.78 is 43.6. The van der Waals surface area contributed by atoms with E-state index >= 15 is 0 Å². The summed E-state index contributed by atoms with van der Waals surface area (Å²) in [5.74, 6) is -0.215. The van der Waals surface area contributed by atoms with Crippen LogP contribution in [0.15, 0.2) is 45.9 Å². The van der Waals surface area contributed by atoms with Gasteiger partial charge in [-0.15, -0.1) is 0 Å². The van der Waals surface area contributed by atoms with E-state index in [1.807, 2.05) is 0 Å². The monoisotopic (exact) mass is 285 g/mol. The largest absolute Gasteiger partial charge is 0.446 e. The molecule has 5 nitrogen and oxygen atoms in total. The molecule has 2 aromatic rings. The van der Waals surface area contributed by atoms with E-state index < -0.39 is 10.0 Å². The minimum atomic E-state index is -3.78. The molecule has 0 saturated heterocycles.